The van der Waals surface area contributed by atoms with Crippen LogP contribution in [0.4, 0.5) is 0 Å². The van der Waals surface area contributed by atoms with Gasteiger partial charge in [-0.3, -0.25) is 13.7 Å². The van der Waals surface area contributed by atoms with E-state index in [0.29, 0.717) is 51.1 Å². The van der Waals surface area contributed by atoms with E-state index in [-0.39, 0.29) is 26.0 Å². The summed E-state index contributed by atoms with van der Waals surface area (Å²) in [5, 5.41) is 10.8. The molecule has 2 aliphatic heterocycles. The van der Waals surface area contributed by atoms with Gasteiger partial charge in [-0.1, -0.05) is 23.2 Å². The lowest BCUT2D eigenvalue weighted by Crippen LogP contribution is -2.35. The predicted octanol–water partition coefficient (Wildman–Crippen LogP) is 3.28. The van der Waals surface area contributed by atoms with Gasteiger partial charge in [0.15, 0.2) is 11.8 Å². The standard InChI is InChI=1S/C25H34Cl2N4O6S/c1-33-24-14(6-7-19(27)29-24)20-15(26)10-16-23(30-20)31(13-34-8-9-38(2,3,4)5)25(28-16)37-18-12-36-21-17(32)11-35-22(18)21/h6-7,10,17-18,21-22,32,38H,8-9,11-13H2,1-5H3/t17-,18-,21-,22-/m1/s1. The monoisotopic (exact) mass is 588 g/mol. The molecule has 0 radical (unpaired) electrons. The molecule has 3 aromatic heterocycles. The van der Waals surface area contributed by atoms with E-state index >= 15 is 0 Å². The molecular weight excluding hydrogens is 555 g/mol. The molecule has 5 heterocycles. The van der Waals surface area contributed by atoms with Gasteiger partial charge in [-0.15, -0.1) is 0 Å². The van der Waals surface area contributed by atoms with Crippen molar-refractivity contribution in [2.75, 3.05) is 57.7 Å². The Labute approximate surface area is 231 Å². The van der Waals surface area contributed by atoms with E-state index in [1.807, 2.05) is 0 Å². The first-order valence-corrected chi connectivity index (χ1v) is 17.3. The Hall–Kier alpha value is -1.86. The largest absolute Gasteiger partial charge is 0.480 e. The van der Waals surface area contributed by atoms with Gasteiger partial charge < -0.3 is 28.8 Å². The molecule has 2 saturated heterocycles. The van der Waals surface area contributed by atoms with Gasteiger partial charge in [0, 0.05) is 0 Å². The number of ether oxygens (including phenoxy) is 5. The highest BCUT2D eigenvalue weighted by molar-refractivity contribution is 8.47. The number of methoxy groups -OCH3 is 1. The molecule has 4 atom stereocenters. The SMILES string of the molecule is COc1nc(Cl)ccc1-c1nc2c(cc1Cl)nc(O[C@@H]1CO[C@H]3[C@@H]1OC[C@H]3O)n2COCC[SH](C)(C)(C)C. The number of halogens is 2. The Balaban J connectivity index is 1.51. The zero-order chi connectivity index (χ0) is 27.3. The Bertz CT molecular complexity index is 1340. The van der Waals surface area contributed by atoms with Crippen LogP contribution in [0, 0.1) is 0 Å². The minimum Gasteiger partial charge on any atom is -0.480 e. The lowest BCUT2D eigenvalue weighted by Gasteiger charge is -2.46. The average molecular weight is 590 g/mol. The van der Waals surface area contributed by atoms with Crippen molar-refractivity contribution >= 4 is 43.5 Å². The highest BCUT2D eigenvalue weighted by Gasteiger charge is 2.49. The van der Waals surface area contributed by atoms with Crippen LogP contribution < -0.4 is 9.47 Å². The molecule has 0 aliphatic carbocycles. The summed E-state index contributed by atoms with van der Waals surface area (Å²) in [5.41, 5.74) is 2.12. The molecule has 3 aromatic rings. The van der Waals surface area contributed by atoms with E-state index in [2.05, 4.69) is 35.0 Å². The van der Waals surface area contributed by atoms with Crippen LogP contribution in [-0.4, -0.2) is 107 Å². The smallest absolute Gasteiger partial charge is 0.301 e. The zero-order valence-electron chi connectivity index (χ0n) is 22.1. The molecule has 0 amide bonds. The second-order valence-electron chi connectivity index (χ2n) is 11.7. The Morgan fingerprint density at radius 2 is 1.84 bits per heavy atom. The third kappa shape index (κ3) is 5.84. The molecule has 0 aromatic carbocycles. The van der Waals surface area contributed by atoms with Crippen molar-refractivity contribution in [3.63, 3.8) is 0 Å². The van der Waals surface area contributed by atoms with Crippen LogP contribution >= 0.6 is 32.4 Å². The van der Waals surface area contributed by atoms with Crippen molar-refractivity contribution in [3.8, 4) is 23.1 Å². The van der Waals surface area contributed by atoms with Gasteiger partial charge in [0.25, 0.3) is 0 Å². The molecule has 10 nitrogen and oxygen atoms in total. The van der Waals surface area contributed by atoms with Gasteiger partial charge in [-0.2, -0.15) is 4.98 Å². The highest BCUT2D eigenvalue weighted by Crippen LogP contribution is 2.54. The number of hydrogen-bond acceptors (Lipinski definition) is 9. The van der Waals surface area contributed by atoms with Crippen molar-refractivity contribution in [1.29, 1.82) is 0 Å². The van der Waals surface area contributed by atoms with Crippen LogP contribution in [0.5, 0.6) is 11.9 Å². The molecule has 1 N–H and O–H groups in total. The number of aliphatic hydroxyl groups is 1. The maximum Gasteiger partial charge on any atom is 0.301 e. The van der Waals surface area contributed by atoms with Crippen molar-refractivity contribution in [2.24, 2.45) is 0 Å². The number of thiol groups is 1. The Kier molecular flexibility index (Phi) is 7.49. The van der Waals surface area contributed by atoms with Gasteiger partial charge >= 0.3 is 6.01 Å². The molecule has 0 saturated carbocycles. The third-order valence-corrected chi connectivity index (χ3v) is 8.97. The fraction of sp³-hybridized carbons (Fsp3) is 0.560. The summed E-state index contributed by atoms with van der Waals surface area (Å²) in [6.45, 7) is 1.24. The van der Waals surface area contributed by atoms with E-state index < -0.39 is 27.5 Å². The maximum absolute atomic E-state index is 10.1. The number of nitrogens with zero attached hydrogens (tertiary/aromatic N) is 4. The summed E-state index contributed by atoms with van der Waals surface area (Å²) >= 11 is 12.7. The van der Waals surface area contributed by atoms with E-state index in [4.69, 9.17) is 51.9 Å². The molecule has 38 heavy (non-hydrogen) atoms. The van der Waals surface area contributed by atoms with Gasteiger partial charge in [-0.05, 0) is 49.0 Å². The minimum atomic E-state index is -1.74. The molecule has 5 rings (SSSR count). The van der Waals surface area contributed by atoms with Crippen molar-refractivity contribution in [2.45, 2.75) is 31.1 Å². The maximum atomic E-state index is 10.1. The Morgan fingerprint density at radius 1 is 1.08 bits per heavy atom. The van der Waals surface area contributed by atoms with Crippen molar-refractivity contribution in [1.82, 2.24) is 19.5 Å². The van der Waals surface area contributed by atoms with Crippen molar-refractivity contribution in [3.05, 3.63) is 28.4 Å². The average Bonchev–Trinajstić information content (AvgIpc) is 3.50. The summed E-state index contributed by atoms with van der Waals surface area (Å²) in [4.78, 5) is 13.8. The molecule has 210 valence electrons. The highest BCUT2D eigenvalue weighted by atomic mass is 35.5. The van der Waals surface area contributed by atoms with E-state index in [9.17, 15) is 5.11 Å². The van der Waals surface area contributed by atoms with Gasteiger partial charge in [-0.25, -0.2) is 9.97 Å². The zero-order valence-corrected chi connectivity index (χ0v) is 24.5. The number of aromatic nitrogens is 4. The second-order valence-corrected chi connectivity index (χ2v) is 20.8. The number of pyridine rings is 2. The number of aliphatic hydroxyl groups excluding tert-OH is 1. The Morgan fingerprint density at radius 3 is 2.58 bits per heavy atom. The topological polar surface area (TPSA) is 110 Å². The first kappa shape index (κ1) is 27.7. The van der Waals surface area contributed by atoms with Crippen molar-refractivity contribution < 1.29 is 28.8 Å². The molecule has 2 fully saturated rings. The van der Waals surface area contributed by atoms with Gasteiger partial charge in [0.2, 0.25) is 5.88 Å². The summed E-state index contributed by atoms with van der Waals surface area (Å²) in [6, 6.07) is 5.44. The predicted molar refractivity (Wildman–Crippen MR) is 151 cm³/mol. The molecular formula is C25H34Cl2N4O6S. The van der Waals surface area contributed by atoms with Gasteiger partial charge in [0.05, 0.1) is 43.2 Å². The lowest BCUT2D eigenvalue weighted by atomic mass is 10.1. The molecule has 2 aliphatic rings. The first-order valence-electron chi connectivity index (χ1n) is 12.3. The molecule has 0 bridgehead atoms. The van der Waals surface area contributed by atoms with Crippen LogP contribution in [0.1, 0.15) is 0 Å². The van der Waals surface area contributed by atoms with Crippen LogP contribution in [0.15, 0.2) is 18.2 Å². The summed E-state index contributed by atoms with van der Waals surface area (Å²) in [5.74, 6) is 1.28. The van der Waals surface area contributed by atoms with Crippen LogP contribution in [0.2, 0.25) is 10.2 Å². The summed E-state index contributed by atoms with van der Waals surface area (Å²) < 4.78 is 31.1. The fourth-order valence-corrected chi connectivity index (χ4v) is 5.67. The molecule has 13 heteroatoms. The number of imidazole rings is 1. The first-order chi connectivity index (χ1) is 17.9. The number of rotatable bonds is 9. The summed E-state index contributed by atoms with van der Waals surface area (Å²) in [6.07, 6.45) is 7.32. The molecule has 0 spiro atoms. The van der Waals surface area contributed by atoms with Crippen LogP contribution in [-0.2, 0) is 20.9 Å². The van der Waals surface area contributed by atoms with Crippen LogP contribution in [0.25, 0.3) is 22.4 Å². The van der Waals surface area contributed by atoms with E-state index in [0.717, 1.165) is 5.75 Å². The second kappa shape index (κ2) is 10.3. The molecule has 0 unspecified atom stereocenters. The minimum absolute atomic E-state index is 0.174. The lowest BCUT2D eigenvalue weighted by molar-refractivity contribution is 0.00343. The van der Waals surface area contributed by atoms with Crippen LogP contribution in [0.3, 0.4) is 0 Å². The third-order valence-electron chi connectivity index (χ3n) is 6.50. The van der Waals surface area contributed by atoms with E-state index in [1.165, 1.54) is 7.11 Å². The number of hydrogen-bond donors (Lipinski definition) is 2. The van der Waals surface area contributed by atoms with Gasteiger partial charge in [0.1, 0.15) is 35.7 Å². The van der Waals surface area contributed by atoms with E-state index in [1.54, 1.807) is 22.8 Å². The quantitative estimate of drug-likeness (QED) is 0.221. The number of fused-ring (bicyclic) bond motifs is 2. The summed E-state index contributed by atoms with van der Waals surface area (Å²) in [7, 11) is -0.231. The fourth-order valence-electron chi connectivity index (χ4n) is 4.42. The normalized spacial score (nSPS) is 24.4.